The van der Waals surface area contributed by atoms with Gasteiger partial charge in [0.25, 0.3) is 0 Å². The molecule has 0 amide bonds. The smallest absolute Gasteiger partial charge is 0.327 e. The summed E-state index contributed by atoms with van der Waals surface area (Å²) in [6.45, 7) is -0.0646. The van der Waals surface area contributed by atoms with Crippen molar-refractivity contribution in [3.8, 4) is 0 Å². The minimum atomic E-state index is -4.11. The van der Waals surface area contributed by atoms with Crippen LogP contribution in [0.15, 0.2) is 29.1 Å². The van der Waals surface area contributed by atoms with E-state index < -0.39 is 13.2 Å². The number of rotatable bonds is 4. The number of para-hydroxylation sites is 2. The van der Waals surface area contributed by atoms with Crippen LogP contribution in [0.25, 0.3) is 11.0 Å². The number of nitrogens with two attached hydrogens (primary N) is 1. The average molecular weight is 284 g/mol. The third-order valence-electron chi connectivity index (χ3n) is 2.49. The van der Waals surface area contributed by atoms with Gasteiger partial charge >= 0.3 is 13.2 Å². The maximum Gasteiger partial charge on any atom is 0.327 e. The monoisotopic (exact) mass is 284 g/mol. The topological polar surface area (TPSA) is 130 Å². The van der Waals surface area contributed by atoms with Crippen LogP contribution in [0.4, 0.5) is 5.82 Å². The van der Waals surface area contributed by atoms with Gasteiger partial charge in [0.05, 0.1) is 17.2 Å². The number of anilines is 1. The molecule has 8 nitrogen and oxygen atoms in total. The van der Waals surface area contributed by atoms with Gasteiger partial charge in [-0.3, -0.25) is 9.36 Å². The van der Waals surface area contributed by atoms with Gasteiger partial charge in [0.15, 0.2) is 5.82 Å². The van der Waals surface area contributed by atoms with Gasteiger partial charge in [-0.1, -0.05) is 12.1 Å². The Kier molecular flexibility index (Phi) is 3.57. The molecular weight excluding hydrogens is 271 g/mol. The summed E-state index contributed by atoms with van der Waals surface area (Å²) in [5.74, 6) is 5.61. The van der Waals surface area contributed by atoms with E-state index in [0.29, 0.717) is 11.0 Å². The zero-order valence-electron chi connectivity index (χ0n) is 9.85. The molecule has 0 aliphatic heterocycles. The molecule has 0 bridgehead atoms. The van der Waals surface area contributed by atoms with E-state index in [0.717, 1.165) is 4.68 Å². The van der Waals surface area contributed by atoms with Crippen molar-refractivity contribution in [3.05, 3.63) is 34.6 Å². The normalized spacial score (nSPS) is 11.7. The summed E-state index contributed by atoms with van der Waals surface area (Å²) in [4.78, 5) is 33.4. The lowest BCUT2D eigenvalue weighted by molar-refractivity contribution is 0.374. The lowest BCUT2D eigenvalue weighted by Crippen LogP contribution is -2.31. The second-order valence-corrected chi connectivity index (χ2v) is 5.72. The van der Waals surface area contributed by atoms with Crippen molar-refractivity contribution in [1.82, 2.24) is 9.66 Å². The Morgan fingerprint density at radius 3 is 2.74 bits per heavy atom. The van der Waals surface area contributed by atoms with E-state index in [-0.39, 0.29) is 18.5 Å². The fourth-order valence-electron chi connectivity index (χ4n) is 1.59. The fourth-order valence-corrected chi connectivity index (χ4v) is 1.99. The van der Waals surface area contributed by atoms with E-state index >= 15 is 0 Å². The highest BCUT2D eigenvalue weighted by Crippen LogP contribution is 2.33. The first-order chi connectivity index (χ1) is 8.88. The maximum absolute atomic E-state index is 11.9. The number of aromatic nitrogens is 2. The number of nitrogen functional groups attached to an aromatic ring is 1. The highest BCUT2D eigenvalue weighted by molar-refractivity contribution is 7.51. The molecule has 102 valence electrons. The molecule has 1 aromatic carbocycles. The number of benzene rings is 1. The van der Waals surface area contributed by atoms with Gasteiger partial charge in [-0.2, -0.15) is 0 Å². The Bertz CT molecular complexity index is 708. The molecule has 1 aromatic heterocycles. The molecule has 0 spiro atoms. The summed E-state index contributed by atoms with van der Waals surface area (Å²) in [6.07, 6.45) is -0.383. The molecule has 0 fully saturated rings. The number of hydrogen-bond acceptors (Lipinski definition) is 5. The Balaban J connectivity index is 2.31. The Morgan fingerprint density at radius 2 is 2.05 bits per heavy atom. The summed E-state index contributed by atoms with van der Waals surface area (Å²) in [7, 11) is -4.11. The second kappa shape index (κ2) is 5.00. The van der Waals surface area contributed by atoms with Gasteiger partial charge in [0.1, 0.15) is 0 Å². The van der Waals surface area contributed by atoms with Crippen LogP contribution in [0.2, 0.25) is 0 Å². The average Bonchev–Trinajstić information content (AvgIpc) is 2.34. The molecule has 0 radical (unpaired) electrons. The van der Waals surface area contributed by atoms with E-state index in [1.807, 2.05) is 0 Å². The molecule has 5 N–H and O–H groups in total. The highest BCUT2D eigenvalue weighted by atomic mass is 31.2. The van der Waals surface area contributed by atoms with E-state index in [9.17, 15) is 9.36 Å². The minimum Gasteiger partial charge on any atom is -0.365 e. The predicted octanol–water partition coefficient (Wildman–Crippen LogP) is -0.300. The molecule has 0 saturated heterocycles. The summed E-state index contributed by atoms with van der Waals surface area (Å²) >= 11 is 0. The van der Waals surface area contributed by atoms with Crippen LogP contribution in [0.1, 0.15) is 0 Å². The molecule has 2 rings (SSSR count). The number of nitrogens with one attached hydrogen (secondary N) is 1. The van der Waals surface area contributed by atoms with Crippen LogP contribution in [0.5, 0.6) is 0 Å². The predicted molar refractivity (Wildman–Crippen MR) is 71.6 cm³/mol. The van der Waals surface area contributed by atoms with E-state index in [2.05, 4.69) is 10.3 Å². The van der Waals surface area contributed by atoms with E-state index in [1.165, 1.54) is 0 Å². The van der Waals surface area contributed by atoms with Gasteiger partial charge in [0.2, 0.25) is 0 Å². The molecule has 2 aromatic rings. The molecule has 0 unspecified atom stereocenters. The Labute approximate surface area is 108 Å². The third kappa shape index (κ3) is 3.11. The summed E-state index contributed by atoms with van der Waals surface area (Å²) in [5.41, 5.74) is 0.445. The van der Waals surface area contributed by atoms with Crippen molar-refractivity contribution >= 4 is 24.4 Å². The second-order valence-electron chi connectivity index (χ2n) is 3.94. The van der Waals surface area contributed by atoms with Gasteiger partial charge in [-0.25, -0.2) is 9.66 Å². The number of nitrogens with zero attached hydrogens (tertiary/aromatic N) is 2. The van der Waals surface area contributed by atoms with Crippen molar-refractivity contribution in [2.75, 3.05) is 23.9 Å². The van der Waals surface area contributed by atoms with Gasteiger partial charge in [-0.15, -0.1) is 0 Å². The van der Waals surface area contributed by atoms with Crippen molar-refractivity contribution in [2.24, 2.45) is 0 Å². The molecule has 0 saturated carbocycles. The number of hydrogen-bond donors (Lipinski definition) is 4. The van der Waals surface area contributed by atoms with E-state index in [1.54, 1.807) is 24.3 Å². The first kappa shape index (κ1) is 13.5. The van der Waals surface area contributed by atoms with Crippen LogP contribution < -0.4 is 16.7 Å². The van der Waals surface area contributed by atoms with Crippen LogP contribution in [-0.4, -0.2) is 32.2 Å². The van der Waals surface area contributed by atoms with Crippen LogP contribution in [0.3, 0.4) is 0 Å². The largest absolute Gasteiger partial charge is 0.365 e. The highest BCUT2D eigenvalue weighted by Gasteiger charge is 2.13. The summed E-state index contributed by atoms with van der Waals surface area (Å²) in [5, 5.41) is 2.59. The lowest BCUT2D eigenvalue weighted by atomic mass is 10.3. The minimum absolute atomic E-state index is 0.0327. The molecule has 1 heterocycles. The molecule has 19 heavy (non-hydrogen) atoms. The molecule has 0 aliphatic rings. The third-order valence-corrected chi connectivity index (χ3v) is 3.30. The Hall–Kier alpha value is -1.89. The van der Waals surface area contributed by atoms with Gasteiger partial charge in [0, 0.05) is 6.54 Å². The van der Waals surface area contributed by atoms with Crippen LogP contribution >= 0.6 is 7.60 Å². The standard InChI is InChI=1S/C10H13N4O4P/c11-14-8-4-2-1-3-7(8)13-9(10(14)15)12-5-6-19(16,17)18/h1-4H,5-6,11H2,(H,12,13)(H2,16,17,18). The lowest BCUT2D eigenvalue weighted by Gasteiger charge is -2.09. The van der Waals surface area contributed by atoms with Crippen LogP contribution in [-0.2, 0) is 4.57 Å². The van der Waals surface area contributed by atoms with E-state index in [4.69, 9.17) is 15.6 Å². The summed E-state index contributed by atoms with van der Waals surface area (Å²) < 4.78 is 11.7. The first-order valence-corrected chi connectivity index (χ1v) is 7.23. The zero-order chi connectivity index (χ0) is 14.0. The van der Waals surface area contributed by atoms with Gasteiger partial charge < -0.3 is 20.9 Å². The van der Waals surface area contributed by atoms with Crippen molar-refractivity contribution in [2.45, 2.75) is 0 Å². The fraction of sp³-hybridized carbons (Fsp3) is 0.200. The first-order valence-electron chi connectivity index (χ1n) is 5.44. The van der Waals surface area contributed by atoms with Gasteiger partial charge in [-0.05, 0) is 12.1 Å². The SMILES string of the molecule is Nn1c(=O)c(NCCP(=O)(O)O)nc2ccccc21. The molecule has 9 heteroatoms. The maximum atomic E-state index is 11.9. The quantitative estimate of drug-likeness (QED) is 0.448. The molecular formula is C10H13N4O4P. The van der Waals surface area contributed by atoms with Crippen molar-refractivity contribution in [3.63, 3.8) is 0 Å². The zero-order valence-corrected chi connectivity index (χ0v) is 10.7. The molecule has 0 aliphatic carbocycles. The number of fused-ring (bicyclic) bond motifs is 1. The van der Waals surface area contributed by atoms with Crippen molar-refractivity contribution in [1.29, 1.82) is 0 Å². The van der Waals surface area contributed by atoms with Crippen LogP contribution in [0, 0.1) is 0 Å². The van der Waals surface area contributed by atoms with Crippen molar-refractivity contribution < 1.29 is 14.4 Å². The molecule has 0 atom stereocenters. The Morgan fingerprint density at radius 1 is 1.37 bits per heavy atom. The summed E-state index contributed by atoms with van der Waals surface area (Å²) in [6, 6.07) is 6.82.